The van der Waals surface area contributed by atoms with Crippen molar-refractivity contribution >= 4 is 24.5 Å². The predicted molar refractivity (Wildman–Crippen MR) is 108 cm³/mol. The van der Waals surface area contributed by atoms with Crippen LogP contribution in [0.15, 0.2) is 60.7 Å². The van der Waals surface area contributed by atoms with Gasteiger partial charge in [-0.25, -0.2) is 0 Å². The van der Waals surface area contributed by atoms with Crippen LogP contribution in [0.25, 0.3) is 0 Å². The Kier molecular flexibility index (Phi) is 7.46. The van der Waals surface area contributed by atoms with Gasteiger partial charge in [0.25, 0.3) is 0 Å². The summed E-state index contributed by atoms with van der Waals surface area (Å²) in [5, 5.41) is 40.4. The second kappa shape index (κ2) is 10.0. The molecule has 0 aliphatic heterocycles. The van der Waals surface area contributed by atoms with E-state index in [4.69, 9.17) is 4.74 Å². The molecule has 0 spiro atoms. The third-order valence-electron chi connectivity index (χ3n) is 4.35. The second-order valence-corrected chi connectivity index (χ2v) is 8.27. The van der Waals surface area contributed by atoms with Crippen molar-refractivity contribution < 1.29 is 9.53 Å². The van der Waals surface area contributed by atoms with Crippen molar-refractivity contribution in [1.82, 2.24) is 0 Å². The maximum atomic E-state index is 13.1. The molecule has 2 rings (SSSR count). The number of hydrogen-bond acceptors (Lipinski definition) is 6. The molecule has 0 saturated heterocycles. The molecular formula is C22H17N4O2P. The van der Waals surface area contributed by atoms with E-state index < -0.39 is 30.9 Å². The largest absolute Gasteiger partial charge is 0.465 e. The van der Waals surface area contributed by atoms with E-state index in [2.05, 4.69) is 0 Å². The van der Waals surface area contributed by atoms with Gasteiger partial charge in [0.2, 0.25) is 0 Å². The van der Waals surface area contributed by atoms with Gasteiger partial charge in [-0.15, -0.1) is 0 Å². The highest BCUT2D eigenvalue weighted by atomic mass is 31.1. The van der Waals surface area contributed by atoms with Crippen LogP contribution in [0.1, 0.15) is 6.92 Å². The fraction of sp³-hybridized carbons (Fsp3) is 0.227. The van der Waals surface area contributed by atoms with E-state index in [-0.39, 0.29) is 6.61 Å². The Labute approximate surface area is 170 Å². The van der Waals surface area contributed by atoms with Crippen molar-refractivity contribution in [2.75, 3.05) is 6.61 Å². The third-order valence-corrected chi connectivity index (χ3v) is 7.20. The van der Waals surface area contributed by atoms with Gasteiger partial charge in [-0.2, -0.15) is 21.0 Å². The minimum Gasteiger partial charge on any atom is -0.465 e. The van der Waals surface area contributed by atoms with Gasteiger partial charge in [-0.1, -0.05) is 60.7 Å². The fourth-order valence-corrected chi connectivity index (χ4v) is 5.85. The number of carbonyl (C=O) groups excluding carboxylic acids is 1. The van der Waals surface area contributed by atoms with Crippen LogP contribution in [0, 0.1) is 56.7 Å². The topological polar surface area (TPSA) is 121 Å². The summed E-state index contributed by atoms with van der Waals surface area (Å²) >= 11 is 0. The van der Waals surface area contributed by atoms with Crippen LogP contribution in [0.5, 0.6) is 0 Å². The van der Waals surface area contributed by atoms with Crippen LogP contribution in [0.2, 0.25) is 0 Å². The van der Waals surface area contributed by atoms with Crippen LogP contribution in [-0.4, -0.2) is 18.2 Å². The molecule has 0 aromatic heterocycles. The lowest BCUT2D eigenvalue weighted by molar-refractivity contribution is -0.144. The number of ether oxygens (including phenoxy) is 1. The minimum absolute atomic E-state index is 0.0405. The number of benzene rings is 2. The lowest BCUT2D eigenvalue weighted by Crippen LogP contribution is -2.46. The Morgan fingerprint density at radius 1 is 0.931 bits per heavy atom. The SMILES string of the molecule is CCOC(=O)C(P(c1ccccc1)c1ccccc1)C(C#N)(C#N)C(C#N)C#N. The molecule has 0 aliphatic rings. The van der Waals surface area contributed by atoms with Crippen LogP contribution in [0.3, 0.4) is 0 Å². The lowest BCUT2D eigenvalue weighted by Gasteiger charge is -2.34. The first-order valence-electron chi connectivity index (χ1n) is 8.77. The van der Waals surface area contributed by atoms with Crippen molar-refractivity contribution in [3.8, 4) is 24.3 Å². The molecule has 0 aliphatic carbocycles. The molecule has 1 unspecified atom stereocenters. The van der Waals surface area contributed by atoms with Gasteiger partial charge in [0.15, 0.2) is 11.3 Å². The minimum atomic E-state index is -2.19. The van der Waals surface area contributed by atoms with Crippen molar-refractivity contribution in [3.05, 3.63) is 60.7 Å². The number of rotatable bonds is 7. The Hall–Kier alpha value is -3.70. The van der Waals surface area contributed by atoms with Crippen molar-refractivity contribution in [1.29, 1.82) is 21.0 Å². The zero-order valence-electron chi connectivity index (χ0n) is 15.7. The molecule has 0 N–H and O–H groups in total. The van der Waals surface area contributed by atoms with Crippen LogP contribution < -0.4 is 10.6 Å². The van der Waals surface area contributed by atoms with E-state index in [0.29, 0.717) is 0 Å². The first-order chi connectivity index (χ1) is 14.1. The lowest BCUT2D eigenvalue weighted by atomic mass is 9.76. The maximum Gasteiger partial charge on any atom is 0.316 e. The molecule has 142 valence electrons. The second-order valence-electron chi connectivity index (χ2n) is 5.98. The Bertz CT molecular complexity index is 946. The first-order valence-corrected chi connectivity index (χ1v) is 10.2. The maximum absolute atomic E-state index is 13.1. The van der Waals surface area contributed by atoms with Crippen molar-refractivity contribution in [2.45, 2.75) is 12.6 Å². The zero-order valence-corrected chi connectivity index (χ0v) is 16.6. The molecular weight excluding hydrogens is 383 g/mol. The number of nitrogens with zero attached hydrogens (tertiary/aromatic N) is 4. The van der Waals surface area contributed by atoms with Crippen LogP contribution in [0.4, 0.5) is 0 Å². The Morgan fingerprint density at radius 3 is 1.72 bits per heavy atom. The molecule has 6 nitrogen and oxygen atoms in total. The average Bonchev–Trinajstić information content (AvgIpc) is 2.77. The summed E-state index contributed by atoms with van der Waals surface area (Å²) in [6.07, 6.45) is 0. The van der Waals surface area contributed by atoms with Crippen LogP contribution >= 0.6 is 7.92 Å². The molecule has 2 aromatic carbocycles. The van der Waals surface area contributed by atoms with E-state index in [1.807, 2.05) is 24.3 Å². The number of carbonyl (C=O) groups is 1. The highest BCUT2D eigenvalue weighted by Gasteiger charge is 2.56. The number of esters is 1. The third kappa shape index (κ3) is 4.25. The van der Waals surface area contributed by atoms with E-state index in [1.165, 1.54) is 0 Å². The molecule has 0 fully saturated rings. The Morgan fingerprint density at radius 2 is 1.38 bits per heavy atom. The van der Waals surface area contributed by atoms with E-state index in [9.17, 15) is 25.8 Å². The zero-order chi connectivity index (χ0) is 21.3. The summed E-state index contributed by atoms with van der Waals surface area (Å²) in [5.74, 6) is -2.39. The van der Waals surface area contributed by atoms with Gasteiger partial charge in [-0.05, 0) is 25.5 Å². The molecule has 0 radical (unpaired) electrons. The fourth-order valence-electron chi connectivity index (χ4n) is 3.01. The molecule has 29 heavy (non-hydrogen) atoms. The van der Waals surface area contributed by atoms with Crippen molar-refractivity contribution in [2.24, 2.45) is 11.3 Å². The monoisotopic (exact) mass is 400 g/mol. The number of nitriles is 4. The summed E-state index contributed by atoms with van der Waals surface area (Å²) in [6.45, 7) is 1.66. The quantitative estimate of drug-likeness (QED) is 0.520. The number of hydrogen-bond donors (Lipinski definition) is 0. The molecule has 0 bridgehead atoms. The van der Waals surface area contributed by atoms with E-state index in [0.717, 1.165) is 10.6 Å². The van der Waals surface area contributed by atoms with Gasteiger partial charge >= 0.3 is 5.97 Å². The smallest absolute Gasteiger partial charge is 0.316 e. The molecule has 0 heterocycles. The first kappa shape index (κ1) is 21.6. The molecule has 7 heteroatoms. The van der Waals surface area contributed by atoms with Gasteiger partial charge in [-0.3, -0.25) is 4.79 Å². The summed E-state index contributed by atoms with van der Waals surface area (Å²) in [6, 6.07) is 25.1. The van der Waals surface area contributed by atoms with Crippen LogP contribution in [-0.2, 0) is 9.53 Å². The Balaban J connectivity index is 2.85. The highest BCUT2D eigenvalue weighted by Crippen LogP contribution is 2.51. The summed E-state index contributed by atoms with van der Waals surface area (Å²) in [4.78, 5) is 13.1. The van der Waals surface area contributed by atoms with Gasteiger partial charge in [0.1, 0.15) is 5.66 Å². The van der Waals surface area contributed by atoms with Crippen molar-refractivity contribution in [3.63, 3.8) is 0 Å². The van der Waals surface area contributed by atoms with E-state index in [1.54, 1.807) is 67.6 Å². The molecule has 2 aromatic rings. The summed E-state index contributed by atoms with van der Waals surface area (Å²) in [7, 11) is -1.63. The van der Waals surface area contributed by atoms with Gasteiger partial charge < -0.3 is 4.74 Å². The van der Waals surface area contributed by atoms with Gasteiger partial charge in [0.05, 0.1) is 30.9 Å². The standard InChI is InChI=1S/C22H17N4O2P/c1-2-28-21(27)20(22(15-25,16-26)17(13-23)14-24)29(18-9-5-3-6-10-18)19-11-7-4-8-12-19/h3-12,17,20H,2H2,1H3. The summed E-state index contributed by atoms with van der Waals surface area (Å²) < 4.78 is 5.23. The molecule has 0 saturated carbocycles. The predicted octanol–water partition coefficient (Wildman–Crippen LogP) is 2.75. The molecule has 1 atom stereocenters. The highest BCUT2D eigenvalue weighted by molar-refractivity contribution is 7.74. The summed E-state index contributed by atoms with van der Waals surface area (Å²) in [5.41, 5.74) is -3.51. The molecule has 0 amide bonds. The average molecular weight is 400 g/mol. The normalized spacial score (nSPS) is 11.6. The van der Waals surface area contributed by atoms with Gasteiger partial charge in [0, 0.05) is 0 Å². The van der Waals surface area contributed by atoms with E-state index >= 15 is 0 Å².